The van der Waals surface area contributed by atoms with Gasteiger partial charge in [-0.25, -0.2) is 9.78 Å². The summed E-state index contributed by atoms with van der Waals surface area (Å²) < 4.78 is 10.4. The Bertz CT molecular complexity index is 380. The van der Waals surface area contributed by atoms with Gasteiger partial charge in [-0.2, -0.15) is 0 Å². The molecule has 6 heteroatoms. The number of hydrogen-bond donors (Lipinski definition) is 0. The van der Waals surface area contributed by atoms with Crippen molar-refractivity contribution < 1.29 is 14.3 Å². The first-order valence-corrected chi connectivity index (χ1v) is 5.40. The number of nitrogens with zero attached hydrogens (tertiary/aromatic N) is 2. The Morgan fingerprint density at radius 1 is 1.62 bits per heavy atom. The standard InChI is InChI=1S/C10H11ClN2O3/c11-9-5-12-4-8(13-9)10(14)16-6-7-2-1-3-15-7/h4-5,7H,1-3,6H2. The van der Waals surface area contributed by atoms with Crippen molar-refractivity contribution in [1.82, 2.24) is 9.97 Å². The number of halogens is 1. The number of ether oxygens (including phenoxy) is 2. The van der Waals surface area contributed by atoms with Gasteiger partial charge in [0.1, 0.15) is 11.8 Å². The lowest BCUT2D eigenvalue weighted by Gasteiger charge is -2.09. The Labute approximate surface area is 97.7 Å². The molecule has 0 amide bonds. The van der Waals surface area contributed by atoms with Gasteiger partial charge in [-0.1, -0.05) is 11.6 Å². The molecule has 0 aromatic carbocycles. The van der Waals surface area contributed by atoms with Gasteiger partial charge in [-0.05, 0) is 12.8 Å². The van der Waals surface area contributed by atoms with E-state index in [0.29, 0.717) is 0 Å². The van der Waals surface area contributed by atoms with Crippen LogP contribution in [-0.2, 0) is 9.47 Å². The molecule has 1 aliphatic heterocycles. The van der Waals surface area contributed by atoms with Gasteiger partial charge in [0.2, 0.25) is 0 Å². The second-order valence-electron chi connectivity index (χ2n) is 3.46. The van der Waals surface area contributed by atoms with E-state index in [4.69, 9.17) is 21.1 Å². The van der Waals surface area contributed by atoms with Gasteiger partial charge in [0.05, 0.1) is 18.5 Å². The molecule has 0 N–H and O–H groups in total. The highest BCUT2D eigenvalue weighted by atomic mass is 35.5. The van der Waals surface area contributed by atoms with Gasteiger partial charge in [-0.3, -0.25) is 4.98 Å². The Balaban J connectivity index is 1.87. The predicted octanol–water partition coefficient (Wildman–Crippen LogP) is 1.47. The summed E-state index contributed by atoms with van der Waals surface area (Å²) in [7, 11) is 0. The van der Waals surface area contributed by atoms with Crippen molar-refractivity contribution in [2.45, 2.75) is 18.9 Å². The van der Waals surface area contributed by atoms with Crippen molar-refractivity contribution in [3.63, 3.8) is 0 Å². The van der Waals surface area contributed by atoms with Crippen molar-refractivity contribution in [2.75, 3.05) is 13.2 Å². The Morgan fingerprint density at radius 3 is 3.19 bits per heavy atom. The molecule has 1 saturated heterocycles. The van der Waals surface area contributed by atoms with Gasteiger partial charge in [-0.15, -0.1) is 0 Å². The zero-order valence-electron chi connectivity index (χ0n) is 8.56. The smallest absolute Gasteiger partial charge is 0.358 e. The van der Waals surface area contributed by atoms with E-state index in [1.54, 1.807) is 0 Å². The molecular weight excluding hydrogens is 232 g/mol. The lowest BCUT2D eigenvalue weighted by molar-refractivity contribution is 0.0156. The molecule has 0 saturated carbocycles. The van der Waals surface area contributed by atoms with Crippen molar-refractivity contribution in [3.8, 4) is 0 Å². The van der Waals surface area contributed by atoms with Gasteiger partial charge in [0.25, 0.3) is 0 Å². The molecule has 0 spiro atoms. The lowest BCUT2D eigenvalue weighted by Crippen LogP contribution is -2.18. The van der Waals surface area contributed by atoms with Crippen molar-refractivity contribution in [3.05, 3.63) is 23.2 Å². The first-order chi connectivity index (χ1) is 7.75. The molecule has 1 aliphatic rings. The van der Waals surface area contributed by atoms with E-state index in [-0.39, 0.29) is 23.6 Å². The van der Waals surface area contributed by atoms with E-state index >= 15 is 0 Å². The summed E-state index contributed by atoms with van der Waals surface area (Å²) in [5.41, 5.74) is 0.116. The molecule has 5 nitrogen and oxygen atoms in total. The third-order valence-electron chi connectivity index (χ3n) is 2.24. The van der Waals surface area contributed by atoms with Gasteiger partial charge >= 0.3 is 5.97 Å². The van der Waals surface area contributed by atoms with Crippen LogP contribution in [0.2, 0.25) is 5.15 Å². The fourth-order valence-corrected chi connectivity index (χ4v) is 1.61. The fraction of sp³-hybridized carbons (Fsp3) is 0.500. The van der Waals surface area contributed by atoms with Crippen LogP contribution in [0.5, 0.6) is 0 Å². The minimum atomic E-state index is -0.523. The Kier molecular flexibility index (Phi) is 3.69. The molecule has 1 unspecified atom stereocenters. The summed E-state index contributed by atoms with van der Waals surface area (Å²) in [4.78, 5) is 19.1. The maximum absolute atomic E-state index is 11.5. The van der Waals surface area contributed by atoms with E-state index in [0.717, 1.165) is 19.4 Å². The number of aromatic nitrogens is 2. The van der Waals surface area contributed by atoms with E-state index in [1.165, 1.54) is 12.4 Å². The van der Waals surface area contributed by atoms with Crippen LogP contribution in [0.4, 0.5) is 0 Å². The Hall–Kier alpha value is -1.20. The summed E-state index contributed by atoms with van der Waals surface area (Å²) in [6.07, 6.45) is 4.63. The second-order valence-corrected chi connectivity index (χ2v) is 3.85. The van der Waals surface area contributed by atoms with Gasteiger partial charge in [0.15, 0.2) is 5.69 Å². The summed E-state index contributed by atoms with van der Waals surface area (Å²) in [5, 5.41) is 0.173. The SMILES string of the molecule is O=C(OCC1CCCO1)c1cncc(Cl)n1. The minimum absolute atomic E-state index is 0.0103. The van der Waals surface area contributed by atoms with Gasteiger partial charge in [0, 0.05) is 6.61 Å². The molecule has 0 aliphatic carbocycles. The molecule has 16 heavy (non-hydrogen) atoms. The highest BCUT2D eigenvalue weighted by Gasteiger charge is 2.18. The molecular formula is C10H11ClN2O3. The lowest BCUT2D eigenvalue weighted by atomic mass is 10.2. The van der Waals surface area contributed by atoms with Crippen LogP contribution in [0.25, 0.3) is 0 Å². The molecule has 86 valence electrons. The molecule has 1 aromatic rings. The minimum Gasteiger partial charge on any atom is -0.458 e. The normalized spacial score (nSPS) is 19.7. The van der Waals surface area contributed by atoms with Gasteiger partial charge < -0.3 is 9.47 Å². The van der Waals surface area contributed by atoms with E-state index in [1.807, 2.05) is 0 Å². The molecule has 0 bridgehead atoms. The second kappa shape index (κ2) is 5.23. The Morgan fingerprint density at radius 2 is 2.50 bits per heavy atom. The third kappa shape index (κ3) is 2.90. The third-order valence-corrected chi connectivity index (χ3v) is 2.42. The van der Waals surface area contributed by atoms with Crippen LogP contribution >= 0.6 is 11.6 Å². The van der Waals surface area contributed by atoms with Crippen LogP contribution in [0.15, 0.2) is 12.4 Å². The molecule has 1 fully saturated rings. The summed E-state index contributed by atoms with van der Waals surface area (Å²) in [6.45, 7) is 0.992. The van der Waals surface area contributed by atoms with Crippen LogP contribution in [0.3, 0.4) is 0 Å². The average Bonchev–Trinajstić information content (AvgIpc) is 2.78. The van der Waals surface area contributed by atoms with E-state index in [9.17, 15) is 4.79 Å². The monoisotopic (exact) mass is 242 g/mol. The number of esters is 1. The fourth-order valence-electron chi connectivity index (χ4n) is 1.46. The molecule has 1 atom stereocenters. The quantitative estimate of drug-likeness (QED) is 0.751. The zero-order valence-corrected chi connectivity index (χ0v) is 9.31. The zero-order chi connectivity index (χ0) is 11.4. The molecule has 1 aromatic heterocycles. The number of hydrogen-bond acceptors (Lipinski definition) is 5. The predicted molar refractivity (Wildman–Crippen MR) is 56.3 cm³/mol. The summed E-state index contributed by atoms with van der Waals surface area (Å²) >= 11 is 5.61. The van der Waals surface area contributed by atoms with Crippen molar-refractivity contribution >= 4 is 17.6 Å². The molecule has 2 heterocycles. The number of carbonyl (C=O) groups is 1. The highest BCUT2D eigenvalue weighted by molar-refractivity contribution is 6.29. The van der Waals surface area contributed by atoms with Crippen molar-refractivity contribution in [1.29, 1.82) is 0 Å². The van der Waals surface area contributed by atoms with Crippen LogP contribution < -0.4 is 0 Å². The summed E-state index contributed by atoms with van der Waals surface area (Å²) in [6, 6.07) is 0. The van der Waals surface area contributed by atoms with E-state index < -0.39 is 5.97 Å². The maximum Gasteiger partial charge on any atom is 0.358 e. The summed E-state index contributed by atoms with van der Waals surface area (Å²) in [5.74, 6) is -0.523. The average molecular weight is 243 g/mol. The van der Waals surface area contributed by atoms with Crippen LogP contribution in [0, 0.1) is 0 Å². The number of rotatable bonds is 3. The highest BCUT2D eigenvalue weighted by Crippen LogP contribution is 2.12. The largest absolute Gasteiger partial charge is 0.458 e. The maximum atomic E-state index is 11.5. The first kappa shape index (κ1) is 11.3. The van der Waals surface area contributed by atoms with E-state index in [2.05, 4.69) is 9.97 Å². The molecule has 2 rings (SSSR count). The topological polar surface area (TPSA) is 61.3 Å². The van der Waals surface area contributed by atoms with Crippen molar-refractivity contribution in [2.24, 2.45) is 0 Å². The molecule has 0 radical (unpaired) electrons. The van der Waals surface area contributed by atoms with Crippen LogP contribution in [-0.4, -0.2) is 35.3 Å². The number of carbonyl (C=O) groups excluding carboxylic acids is 1. The first-order valence-electron chi connectivity index (χ1n) is 5.02. The van der Waals surface area contributed by atoms with Crippen LogP contribution in [0.1, 0.15) is 23.3 Å².